The molecule has 0 fully saturated rings. The minimum Gasteiger partial charge on any atom is -0.311 e. The average molecular weight is 218 g/mol. The third-order valence-corrected chi connectivity index (χ3v) is 1.80. The van der Waals surface area contributed by atoms with Crippen molar-refractivity contribution in [2.75, 3.05) is 11.2 Å². The third kappa shape index (κ3) is 2.23. The Labute approximate surface area is 83.5 Å². The summed E-state index contributed by atoms with van der Waals surface area (Å²) in [5, 5.41) is 2.31. The lowest BCUT2D eigenvalue weighted by molar-refractivity contribution is -0.114. The Bertz CT molecular complexity index is 462. The van der Waals surface area contributed by atoms with E-state index in [1.54, 1.807) is 0 Å². The fourth-order valence-corrected chi connectivity index (χ4v) is 0.919. The molecular weight excluding hydrogens is 210 g/mol. The maximum atomic E-state index is 11.1. The number of hydrogen-bond acceptors (Lipinski definition) is 3. The SMILES string of the molecule is Cn1c(NC(=O)CCl)cc(=O)[nH]c1=O. The summed E-state index contributed by atoms with van der Waals surface area (Å²) in [6, 6.07) is 1.10. The lowest BCUT2D eigenvalue weighted by Gasteiger charge is -2.06. The van der Waals surface area contributed by atoms with E-state index in [1.807, 2.05) is 4.98 Å². The molecule has 0 saturated carbocycles. The first-order valence-electron chi connectivity index (χ1n) is 3.70. The minimum absolute atomic E-state index is 0.115. The Morgan fingerprint density at radius 3 is 2.86 bits per heavy atom. The zero-order valence-corrected chi connectivity index (χ0v) is 8.09. The molecule has 0 bridgehead atoms. The lowest BCUT2D eigenvalue weighted by Crippen LogP contribution is -2.31. The van der Waals surface area contributed by atoms with Crippen LogP contribution in [0.25, 0.3) is 0 Å². The van der Waals surface area contributed by atoms with Crippen molar-refractivity contribution in [3.8, 4) is 0 Å². The number of nitrogens with zero attached hydrogens (tertiary/aromatic N) is 1. The maximum Gasteiger partial charge on any atom is 0.329 e. The third-order valence-electron chi connectivity index (χ3n) is 1.55. The van der Waals surface area contributed by atoms with Crippen LogP contribution in [0.4, 0.5) is 5.82 Å². The van der Waals surface area contributed by atoms with Crippen molar-refractivity contribution < 1.29 is 4.79 Å². The van der Waals surface area contributed by atoms with Crippen LogP contribution in [0.1, 0.15) is 0 Å². The molecule has 0 aliphatic rings. The number of aromatic nitrogens is 2. The number of hydrogen-bond donors (Lipinski definition) is 2. The number of anilines is 1. The van der Waals surface area contributed by atoms with Crippen LogP contribution in [0, 0.1) is 0 Å². The standard InChI is InChI=1S/C7H8ClN3O3/c1-11-4(9-6(13)3-8)2-5(12)10-7(11)14/h2H,3H2,1H3,(H,9,13)(H,10,12,14). The summed E-state index contributed by atoms with van der Waals surface area (Å²) in [6.07, 6.45) is 0. The Balaban J connectivity index is 3.15. The van der Waals surface area contributed by atoms with Crippen LogP contribution < -0.4 is 16.6 Å². The number of halogens is 1. The zero-order chi connectivity index (χ0) is 10.7. The molecule has 0 aliphatic heterocycles. The van der Waals surface area contributed by atoms with Gasteiger partial charge in [-0.1, -0.05) is 0 Å². The number of H-pyrrole nitrogens is 1. The van der Waals surface area contributed by atoms with Gasteiger partial charge in [0, 0.05) is 13.1 Å². The van der Waals surface area contributed by atoms with Gasteiger partial charge in [-0.25, -0.2) is 4.79 Å². The highest BCUT2D eigenvalue weighted by Crippen LogP contribution is 1.97. The second kappa shape index (κ2) is 4.10. The van der Waals surface area contributed by atoms with Crippen LogP contribution in [-0.2, 0) is 11.8 Å². The first kappa shape index (κ1) is 10.5. The molecule has 6 nitrogen and oxygen atoms in total. The topological polar surface area (TPSA) is 84.0 Å². The van der Waals surface area contributed by atoms with Crippen LogP contribution in [0.3, 0.4) is 0 Å². The summed E-state index contributed by atoms with van der Waals surface area (Å²) in [6.45, 7) is 0. The quantitative estimate of drug-likeness (QED) is 0.640. The van der Waals surface area contributed by atoms with E-state index < -0.39 is 17.2 Å². The van der Waals surface area contributed by atoms with Gasteiger partial charge in [-0.3, -0.25) is 19.1 Å². The number of aromatic amines is 1. The van der Waals surface area contributed by atoms with E-state index in [0.717, 1.165) is 10.6 Å². The number of amides is 1. The minimum atomic E-state index is -0.595. The molecule has 0 saturated heterocycles. The van der Waals surface area contributed by atoms with E-state index in [-0.39, 0.29) is 11.7 Å². The number of carbonyl (C=O) groups excluding carboxylic acids is 1. The van der Waals surface area contributed by atoms with E-state index in [4.69, 9.17) is 11.6 Å². The molecule has 7 heteroatoms. The summed E-state index contributed by atoms with van der Waals surface area (Å²) in [5.74, 6) is -0.599. The molecule has 1 rings (SSSR count). The van der Waals surface area contributed by atoms with Gasteiger partial charge in [0.1, 0.15) is 11.7 Å². The summed E-state index contributed by atoms with van der Waals surface area (Å²) in [5.41, 5.74) is -1.17. The molecule has 1 amide bonds. The molecule has 1 aromatic heterocycles. The van der Waals surface area contributed by atoms with Crippen molar-refractivity contribution in [2.24, 2.45) is 7.05 Å². The molecule has 76 valence electrons. The first-order chi connectivity index (χ1) is 6.54. The molecule has 0 aliphatic carbocycles. The predicted octanol–water partition coefficient (Wildman–Crippen LogP) is -0.749. The lowest BCUT2D eigenvalue weighted by atomic mass is 10.5. The second-order valence-corrected chi connectivity index (χ2v) is 2.83. The molecule has 0 atom stereocenters. The van der Waals surface area contributed by atoms with Crippen LogP contribution in [0.5, 0.6) is 0 Å². The van der Waals surface area contributed by atoms with E-state index in [0.29, 0.717) is 0 Å². The van der Waals surface area contributed by atoms with Crippen molar-refractivity contribution in [3.05, 3.63) is 26.9 Å². The van der Waals surface area contributed by atoms with E-state index >= 15 is 0 Å². The van der Waals surface area contributed by atoms with Crippen molar-refractivity contribution in [1.29, 1.82) is 0 Å². The van der Waals surface area contributed by atoms with Gasteiger partial charge in [-0.15, -0.1) is 11.6 Å². The van der Waals surface area contributed by atoms with Crippen LogP contribution in [0.15, 0.2) is 15.7 Å². The molecule has 2 N–H and O–H groups in total. The van der Waals surface area contributed by atoms with Gasteiger partial charge >= 0.3 is 5.69 Å². The fourth-order valence-electron chi connectivity index (χ4n) is 0.852. The van der Waals surface area contributed by atoms with Crippen molar-refractivity contribution >= 4 is 23.3 Å². The molecule has 1 aromatic rings. The highest BCUT2D eigenvalue weighted by Gasteiger charge is 2.05. The smallest absolute Gasteiger partial charge is 0.311 e. The van der Waals surface area contributed by atoms with E-state index in [2.05, 4.69) is 5.32 Å². The zero-order valence-electron chi connectivity index (χ0n) is 7.33. The van der Waals surface area contributed by atoms with Gasteiger partial charge in [0.2, 0.25) is 5.91 Å². The second-order valence-electron chi connectivity index (χ2n) is 2.56. The Morgan fingerprint density at radius 1 is 1.64 bits per heavy atom. The largest absolute Gasteiger partial charge is 0.329 e. The van der Waals surface area contributed by atoms with Gasteiger partial charge in [0.15, 0.2) is 0 Å². The normalized spacial score (nSPS) is 9.86. The number of carbonyl (C=O) groups is 1. The first-order valence-corrected chi connectivity index (χ1v) is 4.24. The van der Waals surface area contributed by atoms with Gasteiger partial charge in [0.05, 0.1) is 0 Å². The monoisotopic (exact) mass is 217 g/mol. The fraction of sp³-hybridized carbons (Fsp3) is 0.286. The Morgan fingerprint density at radius 2 is 2.29 bits per heavy atom. The van der Waals surface area contributed by atoms with E-state index in [9.17, 15) is 14.4 Å². The van der Waals surface area contributed by atoms with Crippen molar-refractivity contribution in [3.63, 3.8) is 0 Å². The molecule has 1 heterocycles. The summed E-state index contributed by atoms with van der Waals surface area (Å²) in [4.78, 5) is 34.9. The van der Waals surface area contributed by atoms with E-state index in [1.165, 1.54) is 7.05 Å². The van der Waals surface area contributed by atoms with Gasteiger partial charge < -0.3 is 5.32 Å². The predicted molar refractivity (Wildman–Crippen MR) is 51.7 cm³/mol. The van der Waals surface area contributed by atoms with Crippen LogP contribution >= 0.6 is 11.6 Å². The summed E-state index contributed by atoms with van der Waals surface area (Å²) in [7, 11) is 1.42. The van der Waals surface area contributed by atoms with Crippen molar-refractivity contribution in [1.82, 2.24) is 9.55 Å². The average Bonchev–Trinajstić information content (AvgIpc) is 2.13. The molecule has 0 unspecified atom stereocenters. The number of alkyl halides is 1. The molecular formula is C7H8ClN3O3. The van der Waals surface area contributed by atoms with Crippen LogP contribution in [0.2, 0.25) is 0 Å². The molecule has 0 radical (unpaired) electrons. The maximum absolute atomic E-state index is 11.1. The van der Waals surface area contributed by atoms with Gasteiger partial charge in [-0.05, 0) is 0 Å². The highest BCUT2D eigenvalue weighted by molar-refractivity contribution is 6.28. The number of rotatable bonds is 2. The summed E-state index contributed by atoms with van der Waals surface area (Å²) < 4.78 is 1.10. The number of nitrogens with one attached hydrogen (secondary N) is 2. The van der Waals surface area contributed by atoms with Gasteiger partial charge in [-0.2, -0.15) is 0 Å². The Hall–Kier alpha value is -1.56. The highest BCUT2D eigenvalue weighted by atomic mass is 35.5. The van der Waals surface area contributed by atoms with Gasteiger partial charge in [0.25, 0.3) is 5.56 Å². The van der Waals surface area contributed by atoms with Crippen LogP contribution in [-0.4, -0.2) is 21.3 Å². The Kier molecular flexibility index (Phi) is 3.08. The molecule has 0 aromatic carbocycles. The van der Waals surface area contributed by atoms with Crippen molar-refractivity contribution in [2.45, 2.75) is 0 Å². The molecule has 14 heavy (non-hydrogen) atoms. The molecule has 0 spiro atoms. The summed E-state index contributed by atoms with van der Waals surface area (Å²) >= 11 is 5.25.